The number of imide groups is 2. The molecule has 0 radical (unpaired) electrons. The number of nitrogens with zero attached hydrogens (tertiary/aromatic N) is 2. The topological polar surface area (TPSA) is 74.8 Å². The van der Waals surface area contributed by atoms with E-state index in [4.69, 9.17) is 0 Å². The Labute approximate surface area is 111 Å². The smallest absolute Gasteiger partial charge is 0.298 e. The SMILES string of the molecule is CN1C(=O)C(C(=O)C[C@@H]2C=CCC2)C(=O)N(C)C1=O. The molecule has 0 unspecified atom stereocenters. The van der Waals surface area contributed by atoms with Crippen molar-refractivity contribution in [3.8, 4) is 0 Å². The molecule has 6 nitrogen and oxygen atoms in total. The molecule has 1 saturated heterocycles. The number of amides is 4. The van der Waals surface area contributed by atoms with Crippen LogP contribution >= 0.6 is 0 Å². The number of rotatable bonds is 3. The Kier molecular flexibility index (Phi) is 3.50. The van der Waals surface area contributed by atoms with Crippen molar-refractivity contribution in [2.24, 2.45) is 11.8 Å². The van der Waals surface area contributed by atoms with Gasteiger partial charge >= 0.3 is 6.03 Å². The van der Waals surface area contributed by atoms with Crippen molar-refractivity contribution in [1.29, 1.82) is 0 Å². The minimum absolute atomic E-state index is 0.0985. The summed E-state index contributed by atoms with van der Waals surface area (Å²) in [6.45, 7) is 0. The number of hydrogen-bond acceptors (Lipinski definition) is 4. The summed E-state index contributed by atoms with van der Waals surface area (Å²) in [6.07, 6.45) is 5.89. The lowest BCUT2D eigenvalue weighted by atomic mass is 9.91. The lowest BCUT2D eigenvalue weighted by Crippen LogP contribution is -2.59. The first-order valence-corrected chi connectivity index (χ1v) is 6.22. The van der Waals surface area contributed by atoms with Gasteiger partial charge in [-0.25, -0.2) is 4.79 Å². The van der Waals surface area contributed by atoms with Crippen molar-refractivity contribution >= 4 is 23.6 Å². The monoisotopic (exact) mass is 264 g/mol. The van der Waals surface area contributed by atoms with E-state index in [1.807, 2.05) is 12.2 Å². The Bertz CT molecular complexity index is 459. The normalized spacial score (nSPS) is 24.5. The molecule has 1 aliphatic heterocycles. The van der Waals surface area contributed by atoms with Crippen LogP contribution in [-0.2, 0) is 14.4 Å². The van der Waals surface area contributed by atoms with E-state index in [2.05, 4.69) is 0 Å². The average molecular weight is 264 g/mol. The predicted octanol–water partition coefficient (Wildman–Crippen LogP) is 0.578. The molecule has 19 heavy (non-hydrogen) atoms. The predicted molar refractivity (Wildman–Crippen MR) is 65.9 cm³/mol. The third-order valence-corrected chi connectivity index (χ3v) is 3.63. The molecule has 0 spiro atoms. The molecular weight excluding hydrogens is 248 g/mol. The van der Waals surface area contributed by atoms with E-state index < -0.39 is 29.5 Å². The fourth-order valence-electron chi connectivity index (χ4n) is 2.42. The van der Waals surface area contributed by atoms with Crippen molar-refractivity contribution in [2.75, 3.05) is 14.1 Å². The van der Waals surface area contributed by atoms with Crippen molar-refractivity contribution in [3.63, 3.8) is 0 Å². The highest BCUT2D eigenvalue weighted by Gasteiger charge is 2.46. The van der Waals surface area contributed by atoms with E-state index in [1.165, 1.54) is 14.1 Å². The number of carbonyl (C=O) groups excluding carboxylic acids is 4. The van der Waals surface area contributed by atoms with E-state index in [0.717, 1.165) is 22.6 Å². The lowest BCUT2D eigenvalue weighted by Gasteiger charge is -2.32. The third-order valence-electron chi connectivity index (χ3n) is 3.63. The average Bonchev–Trinajstić information content (AvgIpc) is 2.87. The molecule has 1 heterocycles. The van der Waals surface area contributed by atoms with Gasteiger partial charge in [0.15, 0.2) is 11.7 Å². The Morgan fingerprint density at radius 1 is 1.21 bits per heavy atom. The van der Waals surface area contributed by atoms with Crippen LogP contribution in [0.25, 0.3) is 0 Å². The van der Waals surface area contributed by atoms with Crippen LogP contribution in [0.3, 0.4) is 0 Å². The second-order valence-corrected chi connectivity index (χ2v) is 4.95. The summed E-state index contributed by atoms with van der Waals surface area (Å²) in [5.41, 5.74) is 0. The molecule has 102 valence electrons. The number of ketones is 1. The van der Waals surface area contributed by atoms with Gasteiger partial charge in [-0.1, -0.05) is 12.2 Å². The van der Waals surface area contributed by atoms with Gasteiger partial charge in [0, 0.05) is 20.5 Å². The summed E-state index contributed by atoms with van der Waals surface area (Å²) < 4.78 is 0. The van der Waals surface area contributed by atoms with Gasteiger partial charge in [-0.2, -0.15) is 0 Å². The zero-order chi connectivity index (χ0) is 14.2. The molecule has 2 rings (SSSR count). The van der Waals surface area contributed by atoms with Crippen LogP contribution in [0.15, 0.2) is 12.2 Å². The minimum atomic E-state index is -1.36. The molecule has 6 heteroatoms. The Morgan fingerprint density at radius 3 is 2.26 bits per heavy atom. The first-order chi connectivity index (χ1) is 8.93. The van der Waals surface area contributed by atoms with Crippen LogP contribution in [0, 0.1) is 11.8 Å². The van der Waals surface area contributed by atoms with E-state index in [0.29, 0.717) is 0 Å². The number of urea groups is 1. The number of carbonyl (C=O) groups is 4. The summed E-state index contributed by atoms with van der Waals surface area (Å²) in [6, 6.07) is -0.695. The maximum Gasteiger partial charge on any atom is 0.332 e. The van der Waals surface area contributed by atoms with Gasteiger partial charge in [0.05, 0.1) is 0 Å². The van der Waals surface area contributed by atoms with Crippen LogP contribution in [0.1, 0.15) is 19.3 Å². The third kappa shape index (κ3) is 2.30. The number of Topliss-reactive ketones (excluding diaryl/α,β-unsaturated/α-hetero) is 1. The van der Waals surface area contributed by atoms with E-state index >= 15 is 0 Å². The van der Waals surface area contributed by atoms with Crippen molar-refractivity contribution in [2.45, 2.75) is 19.3 Å². The van der Waals surface area contributed by atoms with Gasteiger partial charge in [0.25, 0.3) is 11.8 Å². The zero-order valence-electron chi connectivity index (χ0n) is 11.0. The number of hydrogen-bond donors (Lipinski definition) is 0. The summed E-state index contributed by atoms with van der Waals surface area (Å²) in [4.78, 5) is 49.2. The highest BCUT2D eigenvalue weighted by atomic mass is 16.2. The quantitative estimate of drug-likeness (QED) is 0.552. The van der Waals surface area contributed by atoms with Gasteiger partial charge in [-0.05, 0) is 18.8 Å². The molecule has 0 N–H and O–H groups in total. The first-order valence-electron chi connectivity index (χ1n) is 6.22. The molecule has 1 aliphatic carbocycles. The zero-order valence-corrected chi connectivity index (χ0v) is 11.0. The molecule has 4 amide bonds. The fourth-order valence-corrected chi connectivity index (χ4v) is 2.42. The van der Waals surface area contributed by atoms with Gasteiger partial charge < -0.3 is 0 Å². The standard InChI is InChI=1S/C13H16N2O4/c1-14-11(17)10(12(18)15(2)13(14)19)9(16)7-8-5-3-4-6-8/h3,5,8,10H,4,6-7H2,1-2H3/t8-/m1/s1. The van der Waals surface area contributed by atoms with Gasteiger partial charge in [0.2, 0.25) is 0 Å². The lowest BCUT2D eigenvalue weighted by molar-refractivity contribution is -0.152. The number of allylic oxidation sites excluding steroid dienone is 2. The highest BCUT2D eigenvalue weighted by molar-refractivity contribution is 6.26. The largest absolute Gasteiger partial charge is 0.332 e. The summed E-state index contributed by atoms with van der Waals surface area (Å²) >= 11 is 0. The summed E-state index contributed by atoms with van der Waals surface area (Å²) in [7, 11) is 2.56. The molecule has 0 bridgehead atoms. The maximum atomic E-state index is 12.1. The van der Waals surface area contributed by atoms with E-state index in [9.17, 15) is 19.2 Å². The molecule has 1 atom stereocenters. The molecule has 0 aromatic heterocycles. The second-order valence-electron chi connectivity index (χ2n) is 4.95. The van der Waals surface area contributed by atoms with Crippen LogP contribution in [0.5, 0.6) is 0 Å². The molecular formula is C13H16N2O4. The van der Waals surface area contributed by atoms with Crippen LogP contribution in [-0.4, -0.2) is 47.5 Å². The van der Waals surface area contributed by atoms with Crippen LogP contribution in [0.2, 0.25) is 0 Å². The first kappa shape index (κ1) is 13.5. The van der Waals surface area contributed by atoms with Crippen molar-refractivity contribution in [3.05, 3.63) is 12.2 Å². The second kappa shape index (κ2) is 4.95. The van der Waals surface area contributed by atoms with Crippen LogP contribution in [0.4, 0.5) is 4.79 Å². The molecule has 0 aromatic rings. The van der Waals surface area contributed by atoms with Gasteiger partial charge in [-0.3, -0.25) is 24.2 Å². The van der Waals surface area contributed by atoms with Crippen LogP contribution < -0.4 is 0 Å². The molecule has 0 saturated carbocycles. The summed E-state index contributed by atoms with van der Waals surface area (Å²) in [5, 5.41) is 0. The molecule has 2 aliphatic rings. The Hall–Kier alpha value is -1.98. The minimum Gasteiger partial charge on any atom is -0.298 e. The molecule has 0 aromatic carbocycles. The van der Waals surface area contributed by atoms with Crippen molar-refractivity contribution < 1.29 is 19.2 Å². The molecule has 1 fully saturated rings. The Balaban J connectivity index is 2.15. The maximum absolute atomic E-state index is 12.1. The van der Waals surface area contributed by atoms with E-state index in [1.54, 1.807) is 0 Å². The van der Waals surface area contributed by atoms with E-state index in [-0.39, 0.29) is 12.3 Å². The van der Waals surface area contributed by atoms with Gasteiger partial charge in [0.1, 0.15) is 0 Å². The number of barbiturate groups is 1. The summed E-state index contributed by atoms with van der Waals surface area (Å²) in [5.74, 6) is -3.11. The van der Waals surface area contributed by atoms with Gasteiger partial charge in [-0.15, -0.1) is 0 Å². The fraction of sp³-hybridized carbons (Fsp3) is 0.538. The highest BCUT2D eigenvalue weighted by Crippen LogP contribution is 2.25. The van der Waals surface area contributed by atoms with Crippen molar-refractivity contribution in [1.82, 2.24) is 9.80 Å². The Morgan fingerprint density at radius 2 is 1.79 bits per heavy atom.